The molecule has 0 saturated carbocycles. The van der Waals surface area contributed by atoms with Crippen molar-refractivity contribution in [2.45, 2.75) is 76.9 Å². The summed E-state index contributed by atoms with van der Waals surface area (Å²) in [6.45, 7) is 2.26. The molecular weight excluding hydrogens is 232 g/mol. The molecule has 0 aromatic heterocycles. The highest BCUT2D eigenvalue weighted by atomic mass is 16.6. The Morgan fingerprint density at radius 1 is 0.947 bits per heavy atom. The van der Waals surface area contributed by atoms with Gasteiger partial charge in [0.05, 0.1) is 7.47 Å². The van der Waals surface area contributed by atoms with Gasteiger partial charge in [0.2, 0.25) is 0 Å². The van der Waals surface area contributed by atoms with E-state index in [1.807, 2.05) is 30.3 Å². The highest BCUT2D eigenvalue weighted by Crippen LogP contribution is 2.41. The van der Waals surface area contributed by atoms with Gasteiger partial charge in [0.15, 0.2) is 0 Å². The molecule has 19 heavy (non-hydrogen) atoms. The summed E-state index contributed by atoms with van der Waals surface area (Å²) in [6, 6.07) is 9.96. The van der Waals surface area contributed by atoms with Crippen LogP contribution in [0.5, 0.6) is 0 Å². The Bertz CT molecular complexity index is 378. The lowest BCUT2D eigenvalue weighted by atomic mass is 10.0. The number of ether oxygens (including phenoxy) is 1. The smallest absolute Gasteiger partial charge is 0.109 e. The fraction of sp³-hybridized carbons (Fsp3) is 0.667. The second-order valence-electron chi connectivity index (χ2n) is 5.60. The van der Waals surface area contributed by atoms with Crippen LogP contribution in [-0.4, -0.2) is 6.10 Å². The van der Waals surface area contributed by atoms with Crippen molar-refractivity contribution < 1.29 is 6.11 Å². The van der Waals surface area contributed by atoms with E-state index in [0.29, 0.717) is 0 Å². The number of hydrogen-bond donors (Lipinski definition) is 0. The standard InChI is InChI=1S/C18H28O/c1-2-3-4-5-6-7-8-12-15-17-18(19-17)16-13-10-9-11-14-16/h9-11,13-14,17-18H,2-8,12,15H2,1H3/t17-,18+/m0/s1/i18D. The summed E-state index contributed by atoms with van der Waals surface area (Å²) in [5.41, 5.74) is 1.00. The molecule has 0 spiro atoms. The fourth-order valence-corrected chi connectivity index (χ4v) is 2.63. The number of epoxide rings is 1. The van der Waals surface area contributed by atoms with E-state index >= 15 is 0 Å². The first-order valence-corrected chi connectivity index (χ1v) is 8.00. The molecule has 1 aromatic rings. The van der Waals surface area contributed by atoms with Gasteiger partial charge in [-0.3, -0.25) is 0 Å². The molecule has 1 heteroatoms. The van der Waals surface area contributed by atoms with Crippen molar-refractivity contribution >= 4 is 0 Å². The summed E-state index contributed by atoms with van der Waals surface area (Å²) in [5.74, 6) is 0. The largest absolute Gasteiger partial charge is 0.365 e. The lowest BCUT2D eigenvalue weighted by molar-refractivity contribution is 0.360. The minimum absolute atomic E-state index is 0.116. The lowest BCUT2D eigenvalue weighted by Gasteiger charge is -2.00. The number of unbranched alkanes of at least 4 members (excludes halogenated alkanes) is 7. The molecule has 1 nitrogen and oxygen atoms in total. The van der Waals surface area contributed by atoms with Gasteiger partial charge in [-0.15, -0.1) is 0 Å². The average molecular weight is 261 g/mol. The Balaban J connectivity index is 1.54. The first-order chi connectivity index (χ1) is 9.77. The van der Waals surface area contributed by atoms with Gasteiger partial charge in [-0.05, 0) is 12.0 Å². The third-order valence-electron chi connectivity index (χ3n) is 3.88. The molecule has 1 aliphatic rings. The van der Waals surface area contributed by atoms with Crippen LogP contribution >= 0.6 is 0 Å². The maximum Gasteiger partial charge on any atom is 0.109 e. The zero-order chi connectivity index (χ0) is 14.3. The number of benzene rings is 1. The average Bonchev–Trinajstić information content (AvgIpc) is 3.15. The van der Waals surface area contributed by atoms with E-state index in [9.17, 15) is 0 Å². The van der Waals surface area contributed by atoms with Crippen molar-refractivity contribution in [1.29, 1.82) is 0 Å². The Kier molecular flexibility index (Phi) is 5.80. The third-order valence-corrected chi connectivity index (χ3v) is 3.88. The van der Waals surface area contributed by atoms with E-state index in [1.165, 1.54) is 51.4 Å². The Morgan fingerprint density at radius 2 is 1.58 bits per heavy atom. The van der Waals surface area contributed by atoms with Crippen molar-refractivity contribution in [3.63, 3.8) is 0 Å². The Hall–Kier alpha value is -0.820. The molecule has 0 aliphatic carbocycles. The fourth-order valence-electron chi connectivity index (χ4n) is 2.63. The van der Waals surface area contributed by atoms with Gasteiger partial charge in [-0.2, -0.15) is 0 Å². The summed E-state index contributed by atoms with van der Waals surface area (Å²) >= 11 is 0. The first-order valence-electron chi connectivity index (χ1n) is 8.50. The Labute approximate surface area is 119 Å². The van der Waals surface area contributed by atoms with E-state index in [2.05, 4.69) is 6.92 Å². The van der Waals surface area contributed by atoms with Crippen LogP contribution in [0.15, 0.2) is 30.3 Å². The zero-order valence-electron chi connectivity index (χ0n) is 13.2. The van der Waals surface area contributed by atoms with Crippen LogP contribution in [0.4, 0.5) is 0 Å². The van der Waals surface area contributed by atoms with Gasteiger partial charge in [-0.25, -0.2) is 0 Å². The van der Waals surface area contributed by atoms with Gasteiger partial charge >= 0.3 is 0 Å². The monoisotopic (exact) mass is 261 g/mol. The van der Waals surface area contributed by atoms with Crippen molar-refractivity contribution in [1.82, 2.24) is 0 Å². The van der Waals surface area contributed by atoms with Gasteiger partial charge in [0.25, 0.3) is 0 Å². The van der Waals surface area contributed by atoms with Crippen molar-refractivity contribution in [2.75, 3.05) is 0 Å². The molecule has 1 fully saturated rings. The summed E-state index contributed by atoms with van der Waals surface area (Å²) in [7, 11) is 0. The van der Waals surface area contributed by atoms with Crippen LogP contribution < -0.4 is 0 Å². The summed E-state index contributed by atoms with van der Waals surface area (Å²) in [5, 5.41) is 0. The highest BCUT2D eigenvalue weighted by molar-refractivity contribution is 5.22. The van der Waals surface area contributed by atoms with Crippen LogP contribution in [0.1, 0.15) is 77.7 Å². The maximum absolute atomic E-state index is 8.31. The molecule has 0 amide bonds. The second-order valence-corrected chi connectivity index (χ2v) is 5.60. The van der Waals surface area contributed by atoms with E-state index in [0.717, 1.165) is 12.0 Å². The van der Waals surface area contributed by atoms with Crippen LogP contribution in [0.25, 0.3) is 0 Å². The van der Waals surface area contributed by atoms with Crippen molar-refractivity contribution in [3.8, 4) is 0 Å². The van der Waals surface area contributed by atoms with Crippen LogP contribution in [0, 0.1) is 0 Å². The summed E-state index contributed by atoms with van der Waals surface area (Å²) < 4.78 is 13.9. The van der Waals surface area contributed by atoms with Gasteiger partial charge in [0, 0.05) is 0 Å². The minimum Gasteiger partial charge on any atom is -0.365 e. The van der Waals surface area contributed by atoms with Gasteiger partial charge < -0.3 is 4.74 Å². The highest BCUT2D eigenvalue weighted by Gasteiger charge is 2.38. The molecule has 1 saturated heterocycles. The van der Waals surface area contributed by atoms with Crippen molar-refractivity contribution in [3.05, 3.63) is 35.9 Å². The van der Waals surface area contributed by atoms with Crippen LogP contribution in [0.3, 0.4) is 0 Å². The molecule has 0 radical (unpaired) electrons. The molecule has 0 N–H and O–H groups in total. The van der Waals surface area contributed by atoms with Gasteiger partial charge in [-0.1, -0.05) is 88.6 Å². The summed E-state index contributed by atoms with van der Waals surface area (Å²) in [6.07, 6.45) is 11.1. The zero-order valence-corrected chi connectivity index (χ0v) is 12.2. The lowest BCUT2D eigenvalue weighted by Crippen LogP contribution is -1.89. The second kappa shape index (κ2) is 8.37. The topological polar surface area (TPSA) is 12.5 Å². The molecular formula is C18H28O. The predicted molar refractivity (Wildman–Crippen MR) is 81.3 cm³/mol. The third kappa shape index (κ3) is 5.36. The molecule has 0 bridgehead atoms. The van der Waals surface area contributed by atoms with E-state index in [-0.39, 0.29) is 6.10 Å². The van der Waals surface area contributed by atoms with E-state index < -0.39 is 6.08 Å². The quantitative estimate of drug-likeness (QED) is 0.391. The van der Waals surface area contributed by atoms with Crippen molar-refractivity contribution in [2.24, 2.45) is 0 Å². The number of hydrogen-bond acceptors (Lipinski definition) is 1. The molecule has 0 unspecified atom stereocenters. The molecule has 106 valence electrons. The molecule has 1 heterocycles. The Morgan fingerprint density at radius 3 is 2.26 bits per heavy atom. The molecule has 2 atom stereocenters. The maximum atomic E-state index is 8.31. The normalized spacial score (nSPS) is 26.2. The van der Waals surface area contributed by atoms with E-state index in [1.54, 1.807) is 0 Å². The molecule has 1 aromatic carbocycles. The minimum atomic E-state index is -0.748. The van der Waals surface area contributed by atoms with E-state index in [4.69, 9.17) is 6.11 Å². The molecule has 2 rings (SSSR count). The SMILES string of the molecule is [2H][C@]1(c2ccccc2)O[C@H]1CCCCCCCCCC. The first kappa shape index (κ1) is 13.2. The van der Waals surface area contributed by atoms with Crippen LogP contribution in [-0.2, 0) is 4.74 Å². The van der Waals surface area contributed by atoms with Crippen LogP contribution in [0.2, 0.25) is 0 Å². The summed E-state index contributed by atoms with van der Waals surface area (Å²) in [4.78, 5) is 0. The predicted octanol–water partition coefficient (Wildman–Crippen LogP) is 5.66. The molecule has 1 aliphatic heterocycles. The number of rotatable bonds is 10. The van der Waals surface area contributed by atoms with Gasteiger partial charge in [0.1, 0.15) is 6.08 Å².